The van der Waals surface area contributed by atoms with Crippen molar-refractivity contribution in [1.82, 2.24) is 9.80 Å². The highest BCUT2D eigenvalue weighted by Crippen LogP contribution is 2.26. The topological polar surface area (TPSA) is 49.9 Å². The smallest absolute Gasteiger partial charge is 0.254 e. The maximum absolute atomic E-state index is 12.8. The number of nitrogens with zero attached hydrogens (tertiary/aromatic N) is 2. The quantitative estimate of drug-likeness (QED) is 0.788. The van der Waals surface area contributed by atoms with Crippen molar-refractivity contribution in [1.29, 1.82) is 0 Å². The van der Waals surface area contributed by atoms with Crippen LogP contribution in [0.1, 0.15) is 47.4 Å². The zero-order valence-corrected chi connectivity index (χ0v) is 15.2. The second-order valence-electron chi connectivity index (χ2n) is 7.12. The molecule has 0 aromatic heterocycles. The molecule has 2 fully saturated rings. The van der Waals surface area contributed by atoms with Crippen molar-refractivity contribution in [3.8, 4) is 0 Å². The molecule has 2 aliphatic heterocycles. The van der Waals surface area contributed by atoms with Crippen LogP contribution in [0.5, 0.6) is 0 Å². The summed E-state index contributed by atoms with van der Waals surface area (Å²) in [6, 6.07) is 7.67. The normalized spacial score (nSPS) is 21.1. The Morgan fingerprint density at radius 1 is 1.04 bits per heavy atom. The summed E-state index contributed by atoms with van der Waals surface area (Å²) in [4.78, 5) is 29.1. The van der Waals surface area contributed by atoms with Gasteiger partial charge in [0.25, 0.3) is 5.91 Å². The number of likely N-dealkylation sites (tertiary alicyclic amines) is 1. The molecule has 2 heterocycles. The van der Waals surface area contributed by atoms with Crippen molar-refractivity contribution in [2.75, 3.05) is 39.4 Å². The lowest BCUT2D eigenvalue weighted by Gasteiger charge is -2.41. The number of ether oxygens (including phenoxy) is 1. The highest BCUT2D eigenvalue weighted by Gasteiger charge is 2.31. The number of hydrogen-bond acceptors (Lipinski definition) is 4. The van der Waals surface area contributed by atoms with E-state index in [9.17, 15) is 9.59 Å². The number of rotatable bonds is 4. The van der Waals surface area contributed by atoms with E-state index >= 15 is 0 Å². The molecule has 0 bridgehead atoms. The second kappa shape index (κ2) is 8.11. The fraction of sp³-hybridized carbons (Fsp3) is 0.600. The zero-order chi connectivity index (χ0) is 17.8. The van der Waals surface area contributed by atoms with Crippen LogP contribution in [0.25, 0.3) is 0 Å². The number of carbonyl (C=O) groups is 2. The minimum absolute atomic E-state index is 0.0109. The van der Waals surface area contributed by atoms with Crippen LogP contribution in [0.3, 0.4) is 0 Å². The number of morpholine rings is 1. The largest absolute Gasteiger partial charge is 0.379 e. The molecule has 3 rings (SSSR count). The van der Waals surface area contributed by atoms with Crippen LogP contribution in [0.2, 0.25) is 0 Å². The molecule has 1 aromatic rings. The molecule has 5 nitrogen and oxygen atoms in total. The Morgan fingerprint density at radius 2 is 1.64 bits per heavy atom. The molecule has 0 N–H and O–H groups in total. The molecule has 136 valence electrons. The van der Waals surface area contributed by atoms with Gasteiger partial charge in [-0.25, -0.2) is 0 Å². The summed E-state index contributed by atoms with van der Waals surface area (Å²) in [7, 11) is 0. The first-order valence-corrected chi connectivity index (χ1v) is 9.29. The van der Waals surface area contributed by atoms with Crippen LogP contribution >= 0.6 is 0 Å². The van der Waals surface area contributed by atoms with E-state index in [0.29, 0.717) is 23.1 Å². The molecule has 0 unspecified atom stereocenters. The van der Waals surface area contributed by atoms with E-state index in [1.807, 2.05) is 17.0 Å². The summed E-state index contributed by atoms with van der Waals surface area (Å²) in [6.45, 7) is 9.02. The van der Waals surface area contributed by atoms with E-state index < -0.39 is 0 Å². The molecule has 1 amide bonds. The summed E-state index contributed by atoms with van der Waals surface area (Å²) in [5, 5.41) is 0. The van der Waals surface area contributed by atoms with E-state index in [-0.39, 0.29) is 11.7 Å². The van der Waals surface area contributed by atoms with Gasteiger partial charge in [0, 0.05) is 37.8 Å². The highest BCUT2D eigenvalue weighted by molar-refractivity contribution is 6.07. The Labute approximate surface area is 149 Å². The van der Waals surface area contributed by atoms with Gasteiger partial charge in [0.15, 0.2) is 5.78 Å². The first-order valence-electron chi connectivity index (χ1n) is 9.29. The third-order valence-electron chi connectivity index (χ3n) is 5.67. The van der Waals surface area contributed by atoms with Crippen molar-refractivity contribution >= 4 is 11.7 Å². The number of amides is 1. The van der Waals surface area contributed by atoms with E-state index in [1.165, 1.54) is 6.92 Å². The first kappa shape index (κ1) is 18.1. The van der Waals surface area contributed by atoms with Crippen LogP contribution in [0, 0.1) is 5.92 Å². The molecule has 0 radical (unpaired) electrons. The van der Waals surface area contributed by atoms with Gasteiger partial charge in [-0.05, 0) is 38.7 Å². The van der Waals surface area contributed by atoms with Crippen molar-refractivity contribution in [3.63, 3.8) is 0 Å². The summed E-state index contributed by atoms with van der Waals surface area (Å²) < 4.78 is 5.44. The molecule has 25 heavy (non-hydrogen) atoms. The Bertz CT molecular complexity index is 617. The SMILES string of the molecule is CC(=O)c1ccccc1C(=O)N1CCC([C@H](C)N2CCOCC2)CC1. The number of hydrogen-bond donors (Lipinski definition) is 0. The minimum Gasteiger partial charge on any atom is -0.379 e. The fourth-order valence-corrected chi connectivity index (χ4v) is 4.01. The summed E-state index contributed by atoms with van der Waals surface area (Å²) >= 11 is 0. The van der Waals surface area contributed by atoms with Crippen molar-refractivity contribution in [3.05, 3.63) is 35.4 Å². The number of carbonyl (C=O) groups excluding carboxylic acids is 2. The fourth-order valence-electron chi connectivity index (χ4n) is 4.01. The van der Waals surface area contributed by atoms with Crippen LogP contribution < -0.4 is 0 Å². The summed E-state index contributed by atoms with van der Waals surface area (Å²) in [5.74, 6) is 0.549. The molecule has 2 saturated heterocycles. The number of benzene rings is 1. The predicted octanol–water partition coefficient (Wildman–Crippen LogP) is 2.46. The van der Waals surface area contributed by atoms with Crippen LogP contribution in [0.15, 0.2) is 24.3 Å². The van der Waals surface area contributed by atoms with Crippen LogP contribution in [-0.2, 0) is 4.74 Å². The monoisotopic (exact) mass is 344 g/mol. The summed E-state index contributed by atoms with van der Waals surface area (Å²) in [5.41, 5.74) is 1.06. The van der Waals surface area contributed by atoms with E-state index in [4.69, 9.17) is 4.74 Å². The van der Waals surface area contributed by atoms with Gasteiger partial charge < -0.3 is 9.64 Å². The standard InChI is InChI=1S/C20H28N2O3/c1-15(21-11-13-25-14-12-21)17-7-9-22(10-8-17)20(24)19-6-4-3-5-18(19)16(2)23/h3-6,15,17H,7-14H2,1-2H3/t15-/m0/s1. The molecule has 0 spiro atoms. The Balaban J connectivity index is 1.60. The average Bonchev–Trinajstić information content (AvgIpc) is 2.67. The molecular formula is C20H28N2O3. The van der Waals surface area contributed by atoms with Gasteiger partial charge in [0.2, 0.25) is 0 Å². The van der Waals surface area contributed by atoms with E-state index in [0.717, 1.165) is 52.2 Å². The minimum atomic E-state index is -0.0558. The molecule has 1 aromatic carbocycles. The number of piperidine rings is 1. The maximum atomic E-state index is 12.8. The molecule has 1 atom stereocenters. The average molecular weight is 344 g/mol. The Morgan fingerprint density at radius 3 is 2.24 bits per heavy atom. The van der Waals surface area contributed by atoms with Gasteiger partial charge in [-0.15, -0.1) is 0 Å². The lowest BCUT2D eigenvalue weighted by atomic mass is 9.88. The van der Waals surface area contributed by atoms with Crippen molar-refractivity contribution in [2.45, 2.75) is 32.7 Å². The van der Waals surface area contributed by atoms with E-state index in [2.05, 4.69) is 11.8 Å². The van der Waals surface area contributed by atoms with Gasteiger partial charge in [-0.2, -0.15) is 0 Å². The van der Waals surface area contributed by atoms with Crippen LogP contribution in [-0.4, -0.2) is 66.9 Å². The first-order chi connectivity index (χ1) is 12.1. The molecule has 5 heteroatoms. The predicted molar refractivity (Wildman–Crippen MR) is 96.9 cm³/mol. The lowest BCUT2D eigenvalue weighted by Crippen LogP contribution is -2.49. The van der Waals surface area contributed by atoms with Gasteiger partial charge in [0.05, 0.1) is 18.8 Å². The second-order valence-corrected chi connectivity index (χ2v) is 7.12. The van der Waals surface area contributed by atoms with Gasteiger partial charge in [0.1, 0.15) is 0 Å². The van der Waals surface area contributed by atoms with Crippen molar-refractivity contribution < 1.29 is 14.3 Å². The summed E-state index contributed by atoms with van der Waals surface area (Å²) in [6.07, 6.45) is 2.04. The molecule has 0 saturated carbocycles. The zero-order valence-electron chi connectivity index (χ0n) is 15.2. The molecule has 0 aliphatic carbocycles. The Hall–Kier alpha value is -1.72. The molecular weight excluding hydrogens is 316 g/mol. The number of Topliss-reactive ketones (excluding diaryl/α,β-unsaturated/α-hetero) is 1. The maximum Gasteiger partial charge on any atom is 0.254 e. The highest BCUT2D eigenvalue weighted by atomic mass is 16.5. The number of ketones is 1. The van der Waals surface area contributed by atoms with E-state index in [1.54, 1.807) is 12.1 Å². The van der Waals surface area contributed by atoms with Crippen LogP contribution in [0.4, 0.5) is 0 Å². The Kier molecular flexibility index (Phi) is 5.86. The third-order valence-corrected chi connectivity index (χ3v) is 5.67. The molecule has 2 aliphatic rings. The van der Waals surface area contributed by atoms with Gasteiger partial charge in [-0.1, -0.05) is 18.2 Å². The van der Waals surface area contributed by atoms with Gasteiger partial charge >= 0.3 is 0 Å². The third kappa shape index (κ3) is 4.10. The lowest BCUT2D eigenvalue weighted by molar-refractivity contribution is -0.000960. The van der Waals surface area contributed by atoms with Crippen molar-refractivity contribution in [2.24, 2.45) is 5.92 Å². The van der Waals surface area contributed by atoms with Gasteiger partial charge in [-0.3, -0.25) is 14.5 Å².